The second-order valence-corrected chi connectivity index (χ2v) is 3.21. The van der Waals surface area contributed by atoms with Crippen LogP contribution in [0.15, 0.2) is 6.20 Å². The van der Waals surface area contributed by atoms with Gasteiger partial charge in [0.15, 0.2) is 5.78 Å². The Morgan fingerprint density at radius 2 is 2.25 bits per heavy atom. The van der Waals surface area contributed by atoms with Crippen molar-refractivity contribution in [2.24, 2.45) is 7.05 Å². The number of carbonyl (C=O) groups is 1. The molecule has 0 bridgehead atoms. The second kappa shape index (κ2) is 5.06. The maximum absolute atomic E-state index is 11.7. The van der Waals surface area contributed by atoms with Crippen LogP contribution in [-0.2, 0) is 23.0 Å². The number of halogens is 3. The molecule has 1 heterocycles. The van der Waals surface area contributed by atoms with Crippen LogP contribution in [0.3, 0.4) is 0 Å². The summed E-state index contributed by atoms with van der Waals surface area (Å²) in [6, 6.07) is 0. The molecule has 5 nitrogen and oxygen atoms in total. The molecule has 0 N–H and O–H groups in total. The monoisotopic (exact) mass is 237 g/mol. The van der Waals surface area contributed by atoms with Crippen molar-refractivity contribution in [3.05, 3.63) is 11.9 Å². The van der Waals surface area contributed by atoms with E-state index >= 15 is 0 Å². The predicted octanol–water partition coefficient (Wildman–Crippen LogP) is 0.506. The zero-order chi connectivity index (χ0) is 12.2. The summed E-state index contributed by atoms with van der Waals surface area (Å²) in [5.41, 5.74) is 0.406. The van der Waals surface area contributed by atoms with E-state index in [1.165, 1.54) is 10.9 Å². The van der Waals surface area contributed by atoms with E-state index in [-0.39, 0.29) is 6.42 Å². The number of hydrogen-bond acceptors (Lipinski definition) is 4. The van der Waals surface area contributed by atoms with Crippen molar-refractivity contribution in [3.63, 3.8) is 0 Å². The lowest BCUT2D eigenvalue weighted by Gasteiger charge is -2.05. The highest BCUT2D eigenvalue weighted by atomic mass is 19.4. The molecule has 0 saturated carbocycles. The maximum Gasteiger partial charge on any atom is 0.411 e. The number of hydrogen-bond donors (Lipinski definition) is 0. The first-order valence-corrected chi connectivity index (χ1v) is 4.38. The molecule has 0 fully saturated rings. The minimum atomic E-state index is -4.41. The zero-order valence-electron chi connectivity index (χ0n) is 8.49. The van der Waals surface area contributed by atoms with E-state index < -0.39 is 25.2 Å². The van der Waals surface area contributed by atoms with Gasteiger partial charge in [0.25, 0.3) is 0 Å². The first-order valence-electron chi connectivity index (χ1n) is 4.38. The molecule has 1 aromatic heterocycles. The number of nitrogens with zero attached hydrogens (tertiary/aromatic N) is 3. The maximum atomic E-state index is 11.7. The molecule has 1 aromatic rings. The van der Waals surface area contributed by atoms with Crippen molar-refractivity contribution < 1.29 is 22.7 Å². The van der Waals surface area contributed by atoms with E-state index in [4.69, 9.17) is 0 Å². The molecule has 0 aliphatic carbocycles. The summed E-state index contributed by atoms with van der Waals surface area (Å²) in [5, 5.41) is 7.21. The highest BCUT2D eigenvalue weighted by molar-refractivity contribution is 5.81. The van der Waals surface area contributed by atoms with Crippen molar-refractivity contribution in [2.45, 2.75) is 12.6 Å². The smallest absolute Gasteiger partial charge is 0.364 e. The van der Waals surface area contributed by atoms with Crippen LogP contribution in [-0.4, -0.2) is 40.2 Å². The summed E-state index contributed by atoms with van der Waals surface area (Å²) < 4.78 is 40.6. The lowest BCUT2D eigenvalue weighted by Crippen LogP contribution is -2.21. The average molecular weight is 237 g/mol. The fourth-order valence-corrected chi connectivity index (χ4v) is 1.01. The Morgan fingerprint density at radius 3 is 2.75 bits per heavy atom. The lowest BCUT2D eigenvalue weighted by molar-refractivity contribution is -0.175. The molecule has 0 aliphatic rings. The number of ketones is 1. The molecule has 0 aliphatic heterocycles. The summed E-state index contributed by atoms with van der Waals surface area (Å²) in [6.07, 6.45) is -2.97. The van der Waals surface area contributed by atoms with Gasteiger partial charge in [0, 0.05) is 13.2 Å². The Bertz CT molecular complexity index is 362. The van der Waals surface area contributed by atoms with Gasteiger partial charge in [-0.2, -0.15) is 13.2 Å². The number of ether oxygens (including phenoxy) is 1. The molecule has 0 unspecified atom stereocenters. The normalized spacial score (nSPS) is 11.8. The van der Waals surface area contributed by atoms with E-state index in [0.29, 0.717) is 5.69 Å². The molecule has 90 valence electrons. The van der Waals surface area contributed by atoms with Crippen molar-refractivity contribution in [2.75, 3.05) is 13.2 Å². The van der Waals surface area contributed by atoms with Crippen molar-refractivity contribution in [1.82, 2.24) is 15.0 Å². The van der Waals surface area contributed by atoms with Gasteiger partial charge in [0.05, 0.1) is 12.1 Å². The molecule has 1 rings (SSSR count). The quantitative estimate of drug-likeness (QED) is 0.748. The first kappa shape index (κ1) is 12.6. The van der Waals surface area contributed by atoms with Crippen LogP contribution in [0.5, 0.6) is 0 Å². The number of aromatic nitrogens is 3. The van der Waals surface area contributed by atoms with Crippen LogP contribution in [0.25, 0.3) is 0 Å². The molecule has 16 heavy (non-hydrogen) atoms. The third-order valence-corrected chi connectivity index (χ3v) is 1.56. The number of rotatable bonds is 5. The van der Waals surface area contributed by atoms with Gasteiger partial charge in [0.1, 0.15) is 13.2 Å². The minimum Gasteiger partial charge on any atom is -0.364 e. The predicted molar refractivity (Wildman–Crippen MR) is 46.6 cm³/mol. The summed E-state index contributed by atoms with van der Waals surface area (Å²) in [6.45, 7) is -1.99. The molecule has 8 heteroatoms. The van der Waals surface area contributed by atoms with Gasteiger partial charge >= 0.3 is 6.18 Å². The number of aryl methyl sites for hydroxylation is 1. The molecule has 0 atom stereocenters. The van der Waals surface area contributed by atoms with Crippen molar-refractivity contribution in [3.8, 4) is 0 Å². The third kappa shape index (κ3) is 4.87. The molecular weight excluding hydrogens is 227 g/mol. The van der Waals surface area contributed by atoms with Gasteiger partial charge in [-0.3, -0.25) is 9.48 Å². The minimum absolute atomic E-state index is 0.0777. The van der Waals surface area contributed by atoms with E-state index in [1.807, 2.05) is 0 Å². The van der Waals surface area contributed by atoms with Crippen LogP contribution in [0, 0.1) is 0 Å². The highest BCUT2D eigenvalue weighted by Gasteiger charge is 2.27. The van der Waals surface area contributed by atoms with Crippen LogP contribution >= 0.6 is 0 Å². The fraction of sp³-hybridized carbons (Fsp3) is 0.625. The summed E-state index contributed by atoms with van der Waals surface area (Å²) in [7, 11) is 1.63. The Morgan fingerprint density at radius 1 is 1.56 bits per heavy atom. The van der Waals surface area contributed by atoms with Crippen LogP contribution in [0.2, 0.25) is 0 Å². The molecule has 0 radical (unpaired) electrons. The van der Waals surface area contributed by atoms with Gasteiger partial charge in [-0.1, -0.05) is 5.21 Å². The number of carbonyl (C=O) groups excluding carboxylic acids is 1. The Kier molecular flexibility index (Phi) is 3.99. The lowest BCUT2D eigenvalue weighted by atomic mass is 10.2. The third-order valence-electron chi connectivity index (χ3n) is 1.56. The Balaban J connectivity index is 2.26. The molecule has 0 aromatic carbocycles. The topological polar surface area (TPSA) is 57.0 Å². The molecular formula is C8H10F3N3O2. The molecule has 0 amide bonds. The fourth-order valence-electron chi connectivity index (χ4n) is 1.01. The van der Waals surface area contributed by atoms with Gasteiger partial charge in [-0.05, 0) is 0 Å². The van der Waals surface area contributed by atoms with Crippen LogP contribution in [0.4, 0.5) is 13.2 Å². The van der Waals surface area contributed by atoms with E-state index in [2.05, 4.69) is 15.0 Å². The standard InChI is InChI=1S/C8H10F3N3O2/c1-14-3-6(12-13-14)2-7(15)4-16-5-8(9,10)11/h3H,2,4-5H2,1H3. The number of alkyl halides is 3. The average Bonchev–Trinajstić information content (AvgIpc) is 2.48. The van der Waals surface area contributed by atoms with Gasteiger partial charge in [-0.15, -0.1) is 5.10 Å². The van der Waals surface area contributed by atoms with Gasteiger partial charge in [0.2, 0.25) is 0 Å². The van der Waals surface area contributed by atoms with E-state index in [1.54, 1.807) is 7.05 Å². The van der Waals surface area contributed by atoms with E-state index in [9.17, 15) is 18.0 Å². The first-order chi connectivity index (χ1) is 7.37. The highest BCUT2D eigenvalue weighted by Crippen LogP contribution is 2.14. The van der Waals surface area contributed by atoms with Crippen molar-refractivity contribution in [1.29, 1.82) is 0 Å². The molecule has 0 saturated heterocycles. The summed E-state index contributed by atoms with van der Waals surface area (Å²) in [5.74, 6) is -0.468. The van der Waals surface area contributed by atoms with Crippen LogP contribution < -0.4 is 0 Å². The van der Waals surface area contributed by atoms with Gasteiger partial charge < -0.3 is 4.74 Å². The Hall–Kier alpha value is -1.44. The molecule has 0 spiro atoms. The van der Waals surface area contributed by atoms with Gasteiger partial charge in [-0.25, -0.2) is 0 Å². The SMILES string of the molecule is Cn1cc(CC(=O)COCC(F)(F)F)nn1. The van der Waals surface area contributed by atoms with Crippen LogP contribution in [0.1, 0.15) is 5.69 Å². The second-order valence-electron chi connectivity index (χ2n) is 3.21. The summed E-state index contributed by atoms with van der Waals surface area (Å²) in [4.78, 5) is 11.1. The zero-order valence-corrected chi connectivity index (χ0v) is 8.49. The van der Waals surface area contributed by atoms with E-state index in [0.717, 1.165) is 0 Å². The Labute approximate surface area is 89.2 Å². The van der Waals surface area contributed by atoms with Crippen molar-refractivity contribution >= 4 is 5.78 Å². The number of Topliss-reactive ketones (excluding diaryl/α,β-unsaturated/α-hetero) is 1. The summed E-state index contributed by atoms with van der Waals surface area (Å²) >= 11 is 0. The largest absolute Gasteiger partial charge is 0.411 e.